The highest BCUT2D eigenvalue weighted by Gasteiger charge is 2.40. The zero-order valence-corrected chi connectivity index (χ0v) is 8.57. The molecule has 0 unspecified atom stereocenters. The van der Waals surface area contributed by atoms with Crippen molar-refractivity contribution in [3.63, 3.8) is 0 Å². The SMILES string of the molecule is CN[C@@H]1C[C@H]2CCC[C@@H](C1)N2C(=O)O. The van der Waals surface area contributed by atoms with Gasteiger partial charge in [0.25, 0.3) is 0 Å². The molecule has 14 heavy (non-hydrogen) atoms. The van der Waals surface area contributed by atoms with Gasteiger partial charge in [-0.25, -0.2) is 4.79 Å². The Morgan fingerprint density at radius 2 is 1.93 bits per heavy atom. The molecule has 2 heterocycles. The third-order valence-electron chi connectivity index (χ3n) is 3.60. The lowest BCUT2D eigenvalue weighted by atomic mass is 9.82. The highest BCUT2D eigenvalue weighted by atomic mass is 16.4. The molecule has 0 aromatic rings. The van der Waals surface area contributed by atoms with Crippen LogP contribution < -0.4 is 5.32 Å². The highest BCUT2D eigenvalue weighted by molar-refractivity contribution is 5.66. The molecule has 1 amide bonds. The Balaban J connectivity index is 2.11. The summed E-state index contributed by atoms with van der Waals surface area (Å²) in [6.45, 7) is 0. The third-order valence-corrected chi connectivity index (χ3v) is 3.60. The maximum atomic E-state index is 11.1. The van der Waals surface area contributed by atoms with Gasteiger partial charge in [0, 0.05) is 18.1 Å². The second-order valence-electron chi connectivity index (χ2n) is 4.39. The minimum absolute atomic E-state index is 0.262. The van der Waals surface area contributed by atoms with Gasteiger partial charge < -0.3 is 15.3 Å². The van der Waals surface area contributed by atoms with E-state index in [9.17, 15) is 4.79 Å². The van der Waals surface area contributed by atoms with Crippen LogP contribution in [0.1, 0.15) is 32.1 Å². The van der Waals surface area contributed by atoms with Crippen molar-refractivity contribution in [2.75, 3.05) is 7.05 Å². The molecule has 2 rings (SSSR count). The Labute approximate surface area is 84.3 Å². The fourth-order valence-electron chi connectivity index (χ4n) is 2.93. The van der Waals surface area contributed by atoms with E-state index in [1.165, 1.54) is 6.42 Å². The lowest BCUT2D eigenvalue weighted by molar-refractivity contribution is 0.0316. The fraction of sp³-hybridized carbons (Fsp3) is 0.900. The summed E-state index contributed by atoms with van der Waals surface area (Å²) in [5.41, 5.74) is 0. The van der Waals surface area contributed by atoms with E-state index < -0.39 is 6.09 Å². The number of carbonyl (C=O) groups is 1. The zero-order valence-electron chi connectivity index (χ0n) is 8.57. The van der Waals surface area contributed by atoms with E-state index in [4.69, 9.17) is 5.11 Å². The second kappa shape index (κ2) is 3.77. The van der Waals surface area contributed by atoms with Crippen molar-refractivity contribution in [3.8, 4) is 0 Å². The average molecular weight is 198 g/mol. The van der Waals surface area contributed by atoms with Gasteiger partial charge >= 0.3 is 6.09 Å². The fourth-order valence-corrected chi connectivity index (χ4v) is 2.93. The van der Waals surface area contributed by atoms with Crippen LogP contribution in [0.25, 0.3) is 0 Å². The Hall–Kier alpha value is -0.770. The number of hydrogen-bond donors (Lipinski definition) is 2. The van der Waals surface area contributed by atoms with Crippen molar-refractivity contribution < 1.29 is 9.90 Å². The number of piperidine rings is 2. The predicted octanol–water partition coefficient (Wildman–Crippen LogP) is 1.27. The molecule has 0 aliphatic carbocycles. The van der Waals surface area contributed by atoms with Crippen LogP contribution in [0.3, 0.4) is 0 Å². The third kappa shape index (κ3) is 1.59. The van der Waals surface area contributed by atoms with Crippen molar-refractivity contribution in [1.82, 2.24) is 10.2 Å². The molecular weight excluding hydrogens is 180 g/mol. The van der Waals surface area contributed by atoms with Crippen molar-refractivity contribution in [2.45, 2.75) is 50.2 Å². The molecule has 0 saturated carbocycles. The van der Waals surface area contributed by atoms with Gasteiger partial charge in [-0.1, -0.05) is 0 Å². The number of rotatable bonds is 1. The van der Waals surface area contributed by atoms with E-state index in [0.29, 0.717) is 6.04 Å². The summed E-state index contributed by atoms with van der Waals surface area (Å²) in [5, 5.41) is 12.4. The van der Waals surface area contributed by atoms with E-state index >= 15 is 0 Å². The van der Waals surface area contributed by atoms with Crippen LogP contribution in [0.4, 0.5) is 4.79 Å². The van der Waals surface area contributed by atoms with Crippen molar-refractivity contribution in [1.29, 1.82) is 0 Å². The molecule has 2 aliphatic rings. The molecular formula is C10H18N2O2. The Morgan fingerprint density at radius 3 is 2.36 bits per heavy atom. The molecule has 0 radical (unpaired) electrons. The van der Waals surface area contributed by atoms with E-state index in [1.54, 1.807) is 4.90 Å². The molecule has 4 nitrogen and oxygen atoms in total. The number of fused-ring (bicyclic) bond motifs is 2. The minimum atomic E-state index is -0.728. The number of amides is 1. The molecule has 2 N–H and O–H groups in total. The quantitative estimate of drug-likeness (QED) is 0.667. The van der Waals surface area contributed by atoms with Gasteiger partial charge in [0.2, 0.25) is 0 Å². The average Bonchev–Trinajstić information content (AvgIpc) is 2.15. The first-order valence-corrected chi connectivity index (χ1v) is 5.41. The van der Waals surface area contributed by atoms with Crippen LogP contribution in [0.2, 0.25) is 0 Å². The largest absolute Gasteiger partial charge is 0.465 e. The zero-order chi connectivity index (χ0) is 10.1. The number of carboxylic acid groups (broad SMARTS) is 1. The lowest BCUT2D eigenvalue weighted by Crippen LogP contribution is -2.57. The number of nitrogens with one attached hydrogen (secondary N) is 1. The van der Waals surface area contributed by atoms with Crippen LogP contribution in [0.5, 0.6) is 0 Å². The van der Waals surface area contributed by atoms with Gasteiger partial charge in [0.15, 0.2) is 0 Å². The molecule has 2 aliphatic heterocycles. The molecule has 80 valence electrons. The van der Waals surface area contributed by atoms with Gasteiger partial charge in [-0.2, -0.15) is 0 Å². The summed E-state index contributed by atoms with van der Waals surface area (Å²) in [7, 11) is 1.97. The first-order valence-electron chi connectivity index (χ1n) is 5.41. The smallest absolute Gasteiger partial charge is 0.407 e. The van der Waals surface area contributed by atoms with E-state index in [-0.39, 0.29) is 12.1 Å². The topological polar surface area (TPSA) is 52.6 Å². The van der Waals surface area contributed by atoms with Crippen LogP contribution in [-0.2, 0) is 0 Å². The maximum Gasteiger partial charge on any atom is 0.407 e. The maximum absolute atomic E-state index is 11.1. The van der Waals surface area contributed by atoms with Gasteiger partial charge in [0.05, 0.1) is 0 Å². The summed E-state index contributed by atoms with van der Waals surface area (Å²) in [5.74, 6) is 0. The Kier molecular flexibility index (Phi) is 2.63. The van der Waals surface area contributed by atoms with Crippen molar-refractivity contribution in [3.05, 3.63) is 0 Å². The first-order chi connectivity index (χ1) is 6.72. The van der Waals surface area contributed by atoms with Crippen LogP contribution in [0, 0.1) is 0 Å². The standard InChI is InChI=1S/C10H18N2O2/c1-11-7-5-8-3-2-4-9(6-7)12(8)10(13)14/h7-9,11H,2-6H2,1H3,(H,13,14)/t7-,8-,9+. The van der Waals surface area contributed by atoms with E-state index in [1.807, 2.05) is 7.05 Å². The highest BCUT2D eigenvalue weighted by Crippen LogP contribution is 2.33. The van der Waals surface area contributed by atoms with Gasteiger partial charge in [-0.15, -0.1) is 0 Å². The molecule has 0 aromatic carbocycles. The van der Waals surface area contributed by atoms with Gasteiger partial charge in [-0.05, 0) is 39.2 Å². The van der Waals surface area contributed by atoms with Crippen LogP contribution in [0.15, 0.2) is 0 Å². The van der Waals surface area contributed by atoms with Gasteiger partial charge in [0.1, 0.15) is 0 Å². The molecule has 2 bridgehead atoms. The summed E-state index contributed by atoms with van der Waals surface area (Å²) in [6, 6.07) is 1.04. The van der Waals surface area contributed by atoms with Crippen LogP contribution in [-0.4, -0.2) is 41.3 Å². The molecule has 4 heteroatoms. The summed E-state index contributed by atoms with van der Waals surface area (Å²) >= 11 is 0. The Bertz CT molecular complexity index is 218. The molecule has 3 atom stereocenters. The molecule has 0 aromatic heterocycles. The molecule has 2 saturated heterocycles. The van der Waals surface area contributed by atoms with E-state index in [2.05, 4.69) is 5.32 Å². The summed E-state index contributed by atoms with van der Waals surface area (Å²) in [6.07, 6.45) is 4.52. The second-order valence-corrected chi connectivity index (χ2v) is 4.39. The van der Waals surface area contributed by atoms with Crippen LogP contribution >= 0.6 is 0 Å². The molecule has 0 spiro atoms. The van der Waals surface area contributed by atoms with E-state index in [0.717, 1.165) is 25.7 Å². The van der Waals surface area contributed by atoms with Crippen molar-refractivity contribution >= 4 is 6.09 Å². The lowest BCUT2D eigenvalue weighted by Gasteiger charge is -2.47. The first kappa shape index (κ1) is 9.77. The summed E-state index contributed by atoms with van der Waals surface area (Å²) < 4.78 is 0. The predicted molar refractivity (Wildman–Crippen MR) is 53.4 cm³/mol. The number of nitrogens with zero attached hydrogens (tertiary/aromatic N) is 1. The van der Waals surface area contributed by atoms with Crippen molar-refractivity contribution in [2.24, 2.45) is 0 Å². The van der Waals surface area contributed by atoms with Gasteiger partial charge in [-0.3, -0.25) is 0 Å². The molecule has 2 fully saturated rings. The monoisotopic (exact) mass is 198 g/mol. The summed E-state index contributed by atoms with van der Waals surface area (Å²) in [4.78, 5) is 12.8. The Morgan fingerprint density at radius 1 is 1.36 bits per heavy atom. The minimum Gasteiger partial charge on any atom is -0.465 e. The normalized spacial score (nSPS) is 36.9. The number of hydrogen-bond acceptors (Lipinski definition) is 2.